The lowest BCUT2D eigenvalue weighted by Gasteiger charge is -2.26. The average Bonchev–Trinajstić information content (AvgIpc) is 3.07. The van der Waals surface area contributed by atoms with Gasteiger partial charge in [0.25, 0.3) is 11.7 Å². The molecular formula is C30H39NO5. The van der Waals surface area contributed by atoms with Gasteiger partial charge in [0.1, 0.15) is 11.5 Å². The lowest BCUT2D eigenvalue weighted by molar-refractivity contribution is -0.140. The largest absolute Gasteiger partial charge is 0.507 e. The molecule has 6 nitrogen and oxygen atoms in total. The molecule has 1 fully saturated rings. The molecule has 0 aliphatic carbocycles. The Bertz CT molecular complexity index is 1130. The molecule has 1 atom stereocenters. The summed E-state index contributed by atoms with van der Waals surface area (Å²) in [5.41, 5.74) is 3.33. The van der Waals surface area contributed by atoms with Crippen molar-refractivity contribution >= 4 is 17.4 Å². The van der Waals surface area contributed by atoms with Crippen LogP contribution >= 0.6 is 0 Å². The van der Waals surface area contributed by atoms with Gasteiger partial charge in [0, 0.05) is 18.7 Å². The van der Waals surface area contributed by atoms with Gasteiger partial charge in [-0.1, -0.05) is 45.0 Å². The van der Waals surface area contributed by atoms with Gasteiger partial charge in [0.15, 0.2) is 0 Å². The maximum absolute atomic E-state index is 13.3. The molecule has 3 rings (SSSR count). The Labute approximate surface area is 214 Å². The van der Waals surface area contributed by atoms with E-state index in [1.165, 1.54) is 0 Å². The highest BCUT2D eigenvalue weighted by Gasteiger charge is 2.45. The van der Waals surface area contributed by atoms with Crippen molar-refractivity contribution in [2.75, 3.05) is 19.8 Å². The SMILES string of the molecule is CCOc1ccc(/C(O)=C2/C(=O)C(=O)N(CCCOC(C)C)C2c2ccc(C(C)(C)C)cc2)cc1C. The van der Waals surface area contributed by atoms with Crippen LogP contribution in [0.2, 0.25) is 0 Å². The van der Waals surface area contributed by atoms with Gasteiger partial charge in [-0.05, 0) is 74.4 Å². The van der Waals surface area contributed by atoms with Gasteiger partial charge in [-0.15, -0.1) is 0 Å². The van der Waals surface area contributed by atoms with Crippen molar-refractivity contribution in [3.63, 3.8) is 0 Å². The summed E-state index contributed by atoms with van der Waals surface area (Å²) < 4.78 is 11.3. The van der Waals surface area contributed by atoms with E-state index in [1.807, 2.05) is 52.0 Å². The number of rotatable bonds is 9. The van der Waals surface area contributed by atoms with Crippen LogP contribution in [0, 0.1) is 6.92 Å². The summed E-state index contributed by atoms with van der Waals surface area (Å²) in [6, 6.07) is 12.6. The van der Waals surface area contributed by atoms with Gasteiger partial charge in [0.2, 0.25) is 0 Å². The molecule has 1 aliphatic heterocycles. The second-order valence-electron chi connectivity index (χ2n) is 10.6. The molecule has 2 aromatic rings. The molecule has 1 heterocycles. The van der Waals surface area contributed by atoms with E-state index in [0.717, 1.165) is 16.7 Å². The lowest BCUT2D eigenvalue weighted by Crippen LogP contribution is -2.31. The van der Waals surface area contributed by atoms with Crippen LogP contribution in [0.3, 0.4) is 0 Å². The number of amides is 1. The first-order chi connectivity index (χ1) is 17.0. The van der Waals surface area contributed by atoms with E-state index in [2.05, 4.69) is 20.8 Å². The van der Waals surface area contributed by atoms with Crippen LogP contribution in [0.4, 0.5) is 0 Å². The number of aryl methyl sites for hydroxylation is 1. The molecule has 0 bridgehead atoms. The number of carbonyl (C=O) groups is 2. The van der Waals surface area contributed by atoms with E-state index in [0.29, 0.717) is 37.5 Å². The molecule has 1 saturated heterocycles. The number of benzene rings is 2. The number of likely N-dealkylation sites (tertiary alicyclic amines) is 1. The summed E-state index contributed by atoms with van der Waals surface area (Å²) in [6.07, 6.45) is 0.674. The third-order valence-electron chi connectivity index (χ3n) is 6.38. The summed E-state index contributed by atoms with van der Waals surface area (Å²) in [5, 5.41) is 11.3. The highest BCUT2D eigenvalue weighted by atomic mass is 16.5. The van der Waals surface area contributed by atoms with Crippen LogP contribution in [0.25, 0.3) is 5.76 Å². The number of ketones is 1. The second kappa shape index (κ2) is 11.3. The smallest absolute Gasteiger partial charge is 0.295 e. The van der Waals surface area contributed by atoms with Gasteiger partial charge in [-0.3, -0.25) is 9.59 Å². The first-order valence-corrected chi connectivity index (χ1v) is 12.7. The van der Waals surface area contributed by atoms with Crippen molar-refractivity contribution in [3.8, 4) is 5.75 Å². The highest BCUT2D eigenvalue weighted by Crippen LogP contribution is 2.40. The van der Waals surface area contributed by atoms with Crippen LogP contribution in [-0.4, -0.2) is 47.6 Å². The Balaban J connectivity index is 2.07. The Hall–Kier alpha value is -3.12. The van der Waals surface area contributed by atoms with Crippen molar-refractivity contribution in [3.05, 3.63) is 70.3 Å². The number of hydrogen-bond donors (Lipinski definition) is 1. The van der Waals surface area contributed by atoms with E-state index >= 15 is 0 Å². The van der Waals surface area contributed by atoms with Crippen LogP contribution in [0.15, 0.2) is 48.0 Å². The monoisotopic (exact) mass is 493 g/mol. The van der Waals surface area contributed by atoms with Crippen LogP contribution in [0.5, 0.6) is 5.75 Å². The molecule has 0 radical (unpaired) electrons. The fraction of sp³-hybridized carbons (Fsp3) is 0.467. The van der Waals surface area contributed by atoms with Gasteiger partial charge in [-0.25, -0.2) is 0 Å². The van der Waals surface area contributed by atoms with Gasteiger partial charge < -0.3 is 19.5 Å². The lowest BCUT2D eigenvalue weighted by atomic mass is 9.85. The van der Waals surface area contributed by atoms with E-state index in [9.17, 15) is 14.7 Å². The predicted molar refractivity (Wildman–Crippen MR) is 142 cm³/mol. The molecular weight excluding hydrogens is 454 g/mol. The molecule has 6 heteroatoms. The maximum Gasteiger partial charge on any atom is 0.295 e. The van der Waals surface area contributed by atoms with E-state index in [-0.39, 0.29) is 22.9 Å². The summed E-state index contributed by atoms with van der Waals surface area (Å²) in [4.78, 5) is 28.0. The van der Waals surface area contributed by atoms with E-state index < -0.39 is 17.7 Å². The fourth-order valence-corrected chi connectivity index (χ4v) is 4.45. The molecule has 0 aromatic heterocycles. The second-order valence-corrected chi connectivity index (χ2v) is 10.6. The highest BCUT2D eigenvalue weighted by molar-refractivity contribution is 6.46. The number of aliphatic hydroxyl groups is 1. The van der Waals surface area contributed by atoms with E-state index in [1.54, 1.807) is 23.1 Å². The third-order valence-corrected chi connectivity index (χ3v) is 6.38. The van der Waals surface area contributed by atoms with Crippen molar-refractivity contribution in [1.29, 1.82) is 0 Å². The Morgan fingerprint density at radius 2 is 1.75 bits per heavy atom. The van der Waals surface area contributed by atoms with E-state index in [4.69, 9.17) is 9.47 Å². The molecule has 1 amide bonds. The number of ether oxygens (including phenoxy) is 2. The molecule has 0 saturated carbocycles. The Morgan fingerprint density at radius 1 is 1.08 bits per heavy atom. The normalized spacial score (nSPS) is 17.8. The molecule has 36 heavy (non-hydrogen) atoms. The molecule has 1 aliphatic rings. The Kier molecular flexibility index (Phi) is 8.62. The molecule has 1 N–H and O–H groups in total. The first kappa shape index (κ1) is 27.5. The first-order valence-electron chi connectivity index (χ1n) is 12.7. The van der Waals surface area contributed by atoms with Crippen LogP contribution in [-0.2, 0) is 19.7 Å². The molecule has 2 aromatic carbocycles. The molecule has 0 spiro atoms. The summed E-state index contributed by atoms with van der Waals surface area (Å²) in [6.45, 7) is 15.5. The number of Topliss-reactive ketones (excluding diaryl/α,β-unsaturated/α-hetero) is 1. The molecule has 194 valence electrons. The topological polar surface area (TPSA) is 76.1 Å². The minimum Gasteiger partial charge on any atom is -0.507 e. The zero-order chi connectivity index (χ0) is 26.6. The van der Waals surface area contributed by atoms with Gasteiger partial charge in [0.05, 0.1) is 24.3 Å². The van der Waals surface area contributed by atoms with Crippen LogP contribution in [0.1, 0.15) is 76.3 Å². The summed E-state index contributed by atoms with van der Waals surface area (Å²) >= 11 is 0. The minimum absolute atomic E-state index is 0.0334. The van der Waals surface area contributed by atoms with Gasteiger partial charge in [-0.2, -0.15) is 0 Å². The summed E-state index contributed by atoms with van der Waals surface area (Å²) in [7, 11) is 0. The number of aliphatic hydroxyl groups excluding tert-OH is 1. The minimum atomic E-state index is -0.676. The van der Waals surface area contributed by atoms with Crippen molar-refractivity contribution in [2.24, 2.45) is 0 Å². The molecule has 1 unspecified atom stereocenters. The van der Waals surface area contributed by atoms with Crippen molar-refractivity contribution < 1.29 is 24.2 Å². The van der Waals surface area contributed by atoms with Crippen LogP contribution < -0.4 is 4.74 Å². The quantitative estimate of drug-likeness (QED) is 0.203. The van der Waals surface area contributed by atoms with Crippen molar-refractivity contribution in [1.82, 2.24) is 4.90 Å². The fourth-order valence-electron chi connectivity index (χ4n) is 4.45. The van der Waals surface area contributed by atoms with Gasteiger partial charge >= 0.3 is 0 Å². The maximum atomic E-state index is 13.3. The Morgan fingerprint density at radius 3 is 2.31 bits per heavy atom. The zero-order valence-electron chi connectivity index (χ0n) is 22.6. The standard InChI is InChI=1S/C30H39NO5/c1-8-35-24-15-12-22(18-20(24)4)27(32)25-26(21-10-13-23(14-11-21)30(5,6)7)31(29(34)28(25)33)16-9-17-36-19(2)3/h10-15,18-19,26,32H,8-9,16-17H2,1-7H3/b27-25-. The predicted octanol–water partition coefficient (Wildman–Crippen LogP) is 5.93. The third kappa shape index (κ3) is 5.98. The summed E-state index contributed by atoms with van der Waals surface area (Å²) in [5.74, 6) is -0.735. The number of carbonyl (C=O) groups excluding carboxylic acids is 2. The zero-order valence-corrected chi connectivity index (χ0v) is 22.6. The van der Waals surface area contributed by atoms with Crippen molar-refractivity contribution in [2.45, 2.75) is 72.4 Å². The number of hydrogen-bond acceptors (Lipinski definition) is 5. The average molecular weight is 494 g/mol. The number of nitrogens with zero attached hydrogens (tertiary/aromatic N) is 1.